The molecule has 0 unspecified atom stereocenters. The van der Waals surface area contributed by atoms with Gasteiger partial charge in [-0.2, -0.15) is 0 Å². The number of anilines is 1. The van der Waals surface area contributed by atoms with Crippen LogP contribution in [0.5, 0.6) is 0 Å². The van der Waals surface area contributed by atoms with Gasteiger partial charge in [-0.3, -0.25) is 4.79 Å². The van der Waals surface area contributed by atoms with Crippen molar-refractivity contribution in [2.45, 2.75) is 31.2 Å². The third-order valence-electron chi connectivity index (χ3n) is 2.95. The van der Waals surface area contributed by atoms with Crippen molar-refractivity contribution in [1.82, 2.24) is 4.72 Å². The first kappa shape index (κ1) is 18.4. The van der Waals surface area contributed by atoms with Gasteiger partial charge < -0.3 is 5.32 Å². The molecule has 0 heterocycles. The van der Waals surface area contributed by atoms with Crippen molar-refractivity contribution in [3.05, 3.63) is 59.1 Å². The van der Waals surface area contributed by atoms with Gasteiger partial charge >= 0.3 is 0 Å². The number of sulfonamides is 1. The van der Waals surface area contributed by atoms with Crippen molar-refractivity contribution in [2.75, 3.05) is 5.32 Å². The quantitative estimate of drug-likeness (QED) is 0.866. The molecule has 2 aromatic rings. The summed E-state index contributed by atoms with van der Waals surface area (Å²) in [5.74, 6) is -0.319. The Bertz CT molecular complexity index is 841. The van der Waals surface area contributed by atoms with Crippen molar-refractivity contribution >= 4 is 33.2 Å². The highest BCUT2D eigenvalue weighted by Gasteiger charge is 2.21. The normalized spacial score (nSPS) is 12.0. The SMILES string of the molecule is CC(C)(C)NS(=O)(=O)c1ccc(NC(=O)c2cccc(Cl)c2)cc1. The smallest absolute Gasteiger partial charge is 0.255 e. The molecule has 0 saturated heterocycles. The molecule has 0 aliphatic rings. The highest BCUT2D eigenvalue weighted by molar-refractivity contribution is 7.89. The molecular weight excluding hydrogens is 348 g/mol. The highest BCUT2D eigenvalue weighted by Crippen LogP contribution is 2.18. The number of amides is 1. The van der Waals surface area contributed by atoms with Gasteiger partial charge in [-0.05, 0) is 63.2 Å². The summed E-state index contributed by atoms with van der Waals surface area (Å²) in [6.45, 7) is 5.30. The molecule has 0 aliphatic carbocycles. The zero-order chi connectivity index (χ0) is 18.0. The predicted octanol–water partition coefficient (Wildman–Crippen LogP) is 3.67. The molecule has 24 heavy (non-hydrogen) atoms. The summed E-state index contributed by atoms with van der Waals surface area (Å²) < 4.78 is 27.0. The van der Waals surface area contributed by atoms with Crippen LogP contribution >= 0.6 is 11.6 Å². The summed E-state index contributed by atoms with van der Waals surface area (Å²) in [5.41, 5.74) is 0.349. The van der Waals surface area contributed by atoms with Gasteiger partial charge in [0.25, 0.3) is 5.91 Å². The fourth-order valence-corrected chi connectivity index (χ4v) is 3.62. The van der Waals surface area contributed by atoms with E-state index in [0.717, 1.165) is 0 Å². The molecule has 128 valence electrons. The van der Waals surface area contributed by atoms with Gasteiger partial charge in [0, 0.05) is 21.8 Å². The Morgan fingerprint density at radius 1 is 1.04 bits per heavy atom. The Balaban J connectivity index is 2.14. The Morgan fingerprint density at radius 2 is 1.67 bits per heavy atom. The fraction of sp³-hybridized carbons (Fsp3) is 0.235. The lowest BCUT2D eigenvalue weighted by Crippen LogP contribution is -2.40. The van der Waals surface area contributed by atoms with Crippen molar-refractivity contribution in [1.29, 1.82) is 0 Å². The second-order valence-electron chi connectivity index (χ2n) is 6.34. The Labute approximate surface area is 147 Å². The molecule has 5 nitrogen and oxygen atoms in total. The lowest BCUT2D eigenvalue weighted by molar-refractivity contribution is 0.102. The molecule has 0 bridgehead atoms. The summed E-state index contributed by atoms with van der Waals surface area (Å²) in [7, 11) is -3.60. The van der Waals surface area contributed by atoms with E-state index in [9.17, 15) is 13.2 Å². The number of hydrogen-bond acceptors (Lipinski definition) is 3. The Kier molecular flexibility index (Phi) is 5.32. The van der Waals surface area contributed by atoms with E-state index >= 15 is 0 Å². The van der Waals surface area contributed by atoms with Crippen LogP contribution in [0.4, 0.5) is 5.69 Å². The van der Waals surface area contributed by atoms with E-state index in [0.29, 0.717) is 16.3 Å². The summed E-state index contributed by atoms with van der Waals surface area (Å²) in [6.07, 6.45) is 0. The lowest BCUT2D eigenvalue weighted by Gasteiger charge is -2.20. The molecule has 0 aromatic heterocycles. The van der Waals surface area contributed by atoms with Gasteiger partial charge in [0.2, 0.25) is 10.0 Å². The van der Waals surface area contributed by atoms with Gasteiger partial charge in [0.15, 0.2) is 0 Å². The molecule has 2 N–H and O–H groups in total. The van der Waals surface area contributed by atoms with Crippen molar-refractivity contribution in [2.24, 2.45) is 0 Å². The highest BCUT2D eigenvalue weighted by atomic mass is 35.5. The molecule has 0 atom stereocenters. The zero-order valence-corrected chi connectivity index (χ0v) is 15.2. The molecule has 0 aliphatic heterocycles. The molecule has 0 fully saturated rings. The minimum absolute atomic E-state index is 0.137. The minimum Gasteiger partial charge on any atom is -0.322 e. The standard InChI is InChI=1S/C17H19ClN2O3S/c1-17(2,3)20-24(22,23)15-9-7-14(8-10-15)19-16(21)12-5-4-6-13(18)11-12/h4-11,20H,1-3H3,(H,19,21). The van der Waals surface area contributed by atoms with Gasteiger partial charge in [0.05, 0.1) is 4.90 Å². The number of carbonyl (C=O) groups excluding carboxylic acids is 1. The summed E-state index contributed by atoms with van der Waals surface area (Å²) in [6, 6.07) is 12.5. The van der Waals surface area contributed by atoms with Crippen molar-refractivity contribution < 1.29 is 13.2 Å². The number of halogens is 1. The number of carbonyl (C=O) groups is 1. The van der Waals surface area contributed by atoms with Gasteiger partial charge in [-0.1, -0.05) is 17.7 Å². The molecule has 0 saturated carbocycles. The van der Waals surface area contributed by atoms with Gasteiger partial charge in [0.1, 0.15) is 0 Å². The Morgan fingerprint density at radius 3 is 2.21 bits per heavy atom. The predicted molar refractivity (Wildman–Crippen MR) is 95.9 cm³/mol. The first-order chi connectivity index (χ1) is 11.1. The van der Waals surface area contributed by atoms with E-state index in [1.807, 2.05) is 0 Å². The van der Waals surface area contributed by atoms with Gasteiger partial charge in [-0.15, -0.1) is 0 Å². The maximum absolute atomic E-state index is 12.2. The number of hydrogen-bond donors (Lipinski definition) is 2. The zero-order valence-electron chi connectivity index (χ0n) is 13.6. The van der Waals surface area contributed by atoms with E-state index in [2.05, 4.69) is 10.0 Å². The molecule has 2 aromatic carbocycles. The van der Waals surface area contributed by atoms with E-state index in [1.165, 1.54) is 12.1 Å². The third-order valence-corrected chi connectivity index (χ3v) is 4.96. The maximum atomic E-state index is 12.2. The third kappa shape index (κ3) is 5.06. The number of rotatable bonds is 4. The molecule has 0 radical (unpaired) electrons. The summed E-state index contributed by atoms with van der Waals surface area (Å²) in [5, 5.41) is 3.17. The van der Waals surface area contributed by atoms with Crippen LogP contribution in [0.1, 0.15) is 31.1 Å². The second-order valence-corrected chi connectivity index (χ2v) is 8.46. The van der Waals surface area contributed by atoms with Crippen molar-refractivity contribution in [3.63, 3.8) is 0 Å². The van der Waals surface area contributed by atoms with Crippen LogP contribution in [0, 0.1) is 0 Å². The van der Waals surface area contributed by atoms with Crippen LogP contribution in [0.15, 0.2) is 53.4 Å². The van der Waals surface area contributed by atoms with Crippen molar-refractivity contribution in [3.8, 4) is 0 Å². The molecule has 0 spiro atoms. The van der Waals surface area contributed by atoms with Crippen LogP contribution in [0.3, 0.4) is 0 Å². The molecule has 1 amide bonds. The molecule has 7 heteroatoms. The topological polar surface area (TPSA) is 75.3 Å². The minimum atomic E-state index is -3.60. The number of benzene rings is 2. The largest absolute Gasteiger partial charge is 0.322 e. The average molecular weight is 367 g/mol. The summed E-state index contributed by atoms with van der Waals surface area (Å²) >= 11 is 5.86. The number of nitrogens with one attached hydrogen (secondary N) is 2. The average Bonchev–Trinajstić information content (AvgIpc) is 2.45. The van der Waals surface area contributed by atoms with Crippen LogP contribution in [-0.4, -0.2) is 19.9 Å². The molecule has 2 rings (SSSR count). The van der Waals surface area contributed by atoms with E-state index in [-0.39, 0.29) is 10.8 Å². The van der Waals surface area contributed by atoms with E-state index in [4.69, 9.17) is 11.6 Å². The first-order valence-electron chi connectivity index (χ1n) is 7.28. The Hall–Kier alpha value is -1.89. The van der Waals surface area contributed by atoms with E-state index in [1.54, 1.807) is 57.2 Å². The molecular formula is C17H19ClN2O3S. The van der Waals surface area contributed by atoms with Crippen LogP contribution < -0.4 is 10.0 Å². The van der Waals surface area contributed by atoms with Crippen LogP contribution in [-0.2, 0) is 10.0 Å². The van der Waals surface area contributed by atoms with Crippen LogP contribution in [0.25, 0.3) is 0 Å². The fourth-order valence-electron chi connectivity index (χ4n) is 2.01. The monoisotopic (exact) mass is 366 g/mol. The second kappa shape index (κ2) is 6.93. The lowest BCUT2D eigenvalue weighted by atomic mass is 10.1. The first-order valence-corrected chi connectivity index (χ1v) is 9.14. The summed E-state index contributed by atoms with van der Waals surface area (Å²) in [4.78, 5) is 12.3. The van der Waals surface area contributed by atoms with Crippen LogP contribution in [0.2, 0.25) is 5.02 Å². The van der Waals surface area contributed by atoms with E-state index < -0.39 is 15.6 Å². The maximum Gasteiger partial charge on any atom is 0.255 e. The van der Waals surface area contributed by atoms with Gasteiger partial charge in [-0.25, -0.2) is 13.1 Å².